The maximum Gasteiger partial charge on any atom is 0.302 e. The van der Waals surface area contributed by atoms with Crippen molar-refractivity contribution in [2.24, 2.45) is 40.4 Å². The second kappa shape index (κ2) is 6.32. The Labute approximate surface area is 166 Å². The lowest BCUT2D eigenvalue weighted by molar-refractivity contribution is -0.166. The Morgan fingerprint density at radius 3 is 2.54 bits per heavy atom. The van der Waals surface area contributed by atoms with Crippen LogP contribution >= 0.6 is 15.9 Å². The van der Waals surface area contributed by atoms with Gasteiger partial charge in [-0.15, -0.1) is 0 Å². The van der Waals surface area contributed by atoms with Gasteiger partial charge in [-0.1, -0.05) is 36.7 Å². The van der Waals surface area contributed by atoms with Crippen molar-refractivity contribution >= 4 is 27.7 Å². The van der Waals surface area contributed by atoms with Crippen LogP contribution in [0.25, 0.3) is 0 Å². The summed E-state index contributed by atoms with van der Waals surface area (Å²) < 4.78 is 5.76. The first kappa shape index (κ1) is 19.0. The molecule has 0 bridgehead atoms. The summed E-state index contributed by atoms with van der Waals surface area (Å²) in [5.41, 5.74) is 0.406. The largest absolute Gasteiger partial charge is 0.462 e. The molecule has 9 atom stereocenters. The fourth-order valence-corrected chi connectivity index (χ4v) is 8.55. The van der Waals surface area contributed by atoms with E-state index in [0.29, 0.717) is 29.5 Å². The minimum absolute atomic E-state index is 0.0215. The number of rotatable bonds is 1. The van der Waals surface area contributed by atoms with Gasteiger partial charge in [-0.25, -0.2) is 0 Å². The first-order valence-electron chi connectivity index (χ1n) is 10.5. The second-order valence-electron chi connectivity index (χ2n) is 10.1. The summed E-state index contributed by atoms with van der Waals surface area (Å²) >= 11 is 3.73. The van der Waals surface area contributed by atoms with Crippen LogP contribution in [0.5, 0.6) is 0 Å². The Hall–Kier alpha value is -0.380. The maximum absolute atomic E-state index is 12.4. The summed E-state index contributed by atoms with van der Waals surface area (Å²) in [6.07, 6.45) is 7.92. The standard InChI is InChI=1S/C22H33BrO3/c1-12-20(23)18(25)11-14-5-6-15-16-7-8-19(26-13(2)24)21(16,3)10-9-17(15)22(12,14)4/h12,14-17,19-20H,5-11H2,1-4H3/t12?,14?,15-,16-,17+,19?,20?,21-,22-/m0/s1. The van der Waals surface area contributed by atoms with E-state index < -0.39 is 0 Å². The summed E-state index contributed by atoms with van der Waals surface area (Å²) in [7, 11) is 0. The van der Waals surface area contributed by atoms with Gasteiger partial charge < -0.3 is 4.74 Å². The van der Waals surface area contributed by atoms with Gasteiger partial charge in [-0.3, -0.25) is 9.59 Å². The summed E-state index contributed by atoms with van der Waals surface area (Å²) in [6, 6.07) is 0. The molecule has 4 heteroatoms. The fraction of sp³-hybridized carbons (Fsp3) is 0.909. The van der Waals surface area contributed by atoms with Crippen molar-refractivity contribution in [2.75, 3.05) is 0 Å². The van der Waals surface area contributed by atoms with Crippen LogP contribution in [0.4, 0.5) is 0 Å². The second-order valence-corrected chi connectivity index (χ2v) is 11.1. The molecule has 0 radical (unpaired) electrons. The minimum Gasteiger partial charge on any atom is -0.462 e. The molecule has 4 rings (SSSR count). The highest BCUT2D eigenvalue weighted by Crippen LogP contribution is 2.67. The number of hydrogen-bond donors (Lipinski definition) is 0. The zero-order valence-corrected chi connectivity index (χ0v) is 18.2. The predicted octanol–water partition coefficient (Wildman–Crippen LogP) is 5.15. The summed E-state index contributed by atoms with van der Waals surface area (Å²) in [6.45, 7) is 8.71. The van der Waals surface area contributed by atoms with E-state index in [1.54, 1.807) is 6.92 Å². The van der Waals surface area contributed by atoms with E-state index >= 15 is 0 Å². The number of alkyl halides is 1. The normalized spacial score (nSPS) is 53.4. The fourth-order valence-electron chi connectivity index (χ4n) is 7.80. The Bertz CT molecular complexity index is 615. The predicted molar refractivity (Wildman–Crippen MR) is 105 cm³/mol. The van der Waals surface area contributed by atoms with E-state index in [2.05, 4.69) is 36.7 Å². The first-order valence-corrected chi connectivity index (χ1v) is 11.4. The highest BCUT2D eigenvalue weighted by molar-refractivity contribution is 9.10. The molecule has 0 spiro atoms. The first-order chi connectivity index (χ1) is 12.2. The van der Waals surface area contributed by atoms with E-state index in [1.807, 2.05) is 0 Å². The third-order valence-electron chi connectivity index (χ3n) is 9.36. The lowest BCUT2D eigenvalue weighted by Gasteiger charge is -2.62. The molecule has 26 heavy (non-hydrogen) atoms. The van der Waals surface area contributed by atoms with Gasteiger partial charge in [0, 0.05) is 18.8 Å². The van der Waals surface area contributed by atoms with Crippen molar-refractivity contribution < 1.29 is 14.3 Å². The molecule has 0 heterocycles. The number of carbonyl (C=O) groups is 2. The number of esters is 1. The smallest absolute Gasteiger partial charge is 0.302 e. The molecule has 3 nitrogen and oxygen atoms in total. The molecule has 0 N–H and O–H groups in total. The van der Waals surface area contributed by atoms with E-state index in [1.165, 1.54) is 25.7 Å². The monoisotopic (exact) mass is 424 g/mol. The molecule has 4 unspecified atom stereocenters. The molecule has 4 aliphatic carbocycles. The SMILES string of the molecule is CC(=O)OC1CC[C@H]2[C@@H]3CCC4CC(=O)C(Br)C(C)[C@]4(C)[C@@H]3CC[C@]12C. The van der Waals surface area contributed by atoms with Crippen LogP contribution in [0.1, 0.15) is 72.6 Å². The highest BCUT2D eigenvalue weighted by Gasteiger charge is 2.63. The molecular weight excluding hydrogens is 392 g/mol. The Morgan fingerprint density at radius 2 is 1.85 bits per heavy atom. The van der Waals surface area contributed by atoms with Gasteiger partial charge in [0.25, 0.3) is 0 Å². The Morgan fingerprint density at radius 1 is 1.12 bits per heavy atom. The van der Waals surface area contributed by atoms with E-state index in [9.17, 15) is 9.59 Å². The molecule has 0 saturated heterocycles. The van der Waals surface area contributed by atoms with Gasteiger partial charge in [-0.2, -0.15) is 0 Å². The van der Waals surface area contributed by atoms with Gasteiger partial charge in [0.1, 0.15) is 11.9 Å². The number of ether oxygens (including phenoxy) is 1. The van der Waals surface area contributed by atoms with Crippen molar-refractivity contribution in [2.45, 2.75) is 83.6 Å². The zero-order chi connectivity index (χ0) is 18.9. The van der Waals surface area contributed by atoms with Crippen molar-refractivity contribution in [3.63, 3.8) is 0 Å². The van der Waals surface area contributed by atoms with Crippen LogP contribution in [-0.2, 0) is 14.3 Å². The van der Waals surface area contributed by atoms with Crippen LogP contribution in [0.2, 0.25) is 0 Å². The topological polar surface area (TPSA) is 43.4 Å². The summed E-state index contributed by atoms with van der Waals surface area (Å²) in [4.78, 5) is 24.1. The van der Waals surface area contributed by atoms with Gasteiger partial charge >= 0.3 is 5.97 Å². The molecule has 4 aliphatic rings. The van der Waals surface area contributed by atoms with E-state index in [4.69, 9.17) is 4.74 Å². The van der Waals surface area contributed by atoms with Crippen molar-refractivity contribution in [1.29, 1.82) is 0 Å². The molecule has 4 fully saturated rings. The van der Waals surface area contributed by atoms with E-state index in [-0.39, 0.29) is 27.7 Å². The van der Waals surface area contributed by atoms with Crippen molar-refractivity contribution in [3.05, 3.63) is 0 Å². The van der Waals surface area contributed by atoms with Gasteiger partial charge in [0.05, 0.1) is 4.83 Å². The molecule has 0 aromatic heterocycles. The maximum atomic E-state index is 12.4. The number of ketones is 1. The number of halogens is 1. The minimum atomic E-state index is -0.129. The van der Waals surface area contributed by atoms with Crippen LogP contribution < -0.4 is 0 Å². The van der Waals surface area contributed by atoms with Crippen LogP contribution in [0, 0.1) is 40.4 Å². The number of hydrogen-bond acceptors (Lipinski definition) is 3. The lowest BCUT2D eigenvalue weighted by Crippen LogP contribution is -2.59. The zero-order valence-electron chi connectivity index (χ0n) is 16.6. The third kappa shape index (κ3) is 2.49. The van der Waals surface area contributed by atoms with Crippen molar-refractivity contribution in [3.8, 4) is 0 Å². The molecule has 0 amide bonds. The summed E-state index contributed by atoms with van der Waals surface area (Å²) in [5, 5.41) is 0. The van der Waals surface area contributed by atoms with Gasteiger partial charge in [0.15, 0.2) is 0 Å². The molecule has 4 saturated carbocycles. The quantitative estimate of drug-likeness (QED) is 0.431. The average Bonchev–Trinajstić information content (AvgIpc) is 2.91. The Kier molecular flexibility index (Phi) is 4.61. The van der Waals surface area contributed by atoms with Crippen LogP contribution in [0.15, 0.2) is 0 Å². The molecule has 0 aliphatic heterocycles. The van der Waals surface area contributed by atoms with Crippen LogP contribution in [-0.4, -0.2) is 22.7 Å². The molecule has 0 aromatic carbocycles. The molecule has 0 aromatic rings. The number of Topliss-reactive ketones (excluding diaryl/α,β-unsaturated/α-hetero) is 1. The third-order valence-corrected chi connectivity index (χ3v) is 10.7. The van der Waals surface area contributed by atoms with Gasteiger partial charge in [-0.05, 0) is 73.5 Å². The number of fused-ring (bicyclic) bond motifs is 5. The van der Waals surface area contributed by atoms with Gasteiger partial charge in [0.2, 0.25) is 0 Å². The number of carbonyl (C=O) groups excluding carboxylic acids is 2. The molecule has 146 valence electrons. The van der Waals surface area contributed by atoms with Crippen molar-refractivity contribution in [1.82, 2.24) is 0 Å². The Balaban J connectivity index is 1.63. The van der Waals surface area contributed by atoms with E-state index in [0.717, 1.165) is 25.2 Å². The molecular formula is C22H33BrO3. The summed E-state index contributed by atoms with van der Waals surface area (Å²) in [5.74, 6) is 3.34. The van der Waals surface area contributed by atoms with Crippen LogP contribution in [0.3, 0.4) is 0 Å². The lowest BCUT2D eigenvalue weighted by atomic mass is 9.43. The average molecular weight is 425 g/mol. The highest BCUT2D eigenvalue weighted by atomic mass is 79.9.